The van der Waals surface area contributed by atoms with Gasteiger partial charge in [0.1, 0.15) is 0 Å². The molecule has 16 heavy (non-hydrogen) atoms. The summed E-state index contributed by atoms with van der Waals surface area (Å²) in [6.45, 7) is 8.60. The van der Waals surface area contributed by atoms with Gasteiger partial charge in [0.15, 0.2) is 5.78 Å². The third-order valence-electron chi connectivity index (χ3n) is 3.68. The topological polar surface area (TPSA) is 22.0 Å². The van der Waals surface area contributed by atoms with Crippen LogP contribution in [-0.2, 0) is 0 Å². The molecule has 3 heteroatoms. The zero-order valence-corrected chi connectivity index (χ0v) is 11.1. The first-order valence-corrected chi connectivity index (χ1v) is 6.19. The molecule has 88 valence electrons. The van der Waals surface area contributed by atoms with Crippen LogP contribution in [-0.4, -0.2) is 16.2 Å². The third kappa shape index (κ3) is 1.69. The van der Waals surface area contributed by atoms with Crippen molar-refractivity contribution in [3.63, 3.8) is 0 Å². The van der Waals surface area contributed by atoms with Crippen LogP contribution in [0.25, 0.3) is 0 Å². The Balaban J connectivity index is 2.41. The van der Waals surface area contributed by atoms with Crippen LogP contribution in [0.15, 0.2) is 6.07 Å². The van der Waals surface area contributed by atoms with Crippen molar-refractivity contribution >= 4 is 17.4 Å². The van der Waals surface area contributed by atoms with Gasteiger partial charge >= 0.3 is 0 Å². The Morgan fingerprint density at radius 2 is 2.12 bits per heavy atom. The van der Waals surface area contributed by atoms with E-state index in [-0.39, 0.29) is 11.7 Å². The van der Waals surface area contributed by atoms with Crippen LogP contribution in [0.5, 0.6) is 0 Å². The number of aromatic nitrogens is 1. The number of aryl methyl sites for hydroxylation is 1. The van der Waals surface area contributed by atoms with E-state index in [1.54, 1.807) is 0 Å². The van der Waals surface area contributed by atoms with E-state index in [1.165, 1.54) is 12.1 Å². The number of Topliss-reactive ketones (excluding diaryl/α,β-unsaturated/α-hetero) is 1. The van der Waals surface area contributed by atoms with Crippen LogP contribution in [0, 0.1) is 19.3 Å². The first-order valence-electron chi connectivity index (χ1n) is 5.66. The van der Waals surface area contributed by atoms with Crippen LogP contribution in [0.2, 0.25) is 0 Å². The van der Waals surface area contributed by atoms with E-state index < -0.39 is 0 Å². The van der Waals surface area contributed by atoms with E-state index >= 15 is 0 Å². The average molecular weight is 240 g/mol. The molecular weight excluding hydrogens is 222 g/mol. The van der Waals surface area contributed by atoms with Gasteiger partial charge in [-0.15, -0.1) is 11.6 Å². The van der Waals surface area contributed by atoms with E-state index in [9.17, 15) is 4.79 Å². The van der Waals surface area contributed by atoms with Crippen molar-refractivity contribution in [3.05, 3.63) is 23.0 Å². The van der Waals surface area contributed by atoms with E-state index in [1.807, 2.05) is 13.0 Å². The molecule has 0 amide bonds. The van der Waals surface area contributed by atoms with Crippen molar-refractivity contribution in [1.82, 2.24) is 4.57 Å². The number of rotatable bonds is 3. The molecule has 1 unspecified atom stereocenters. The van der Waals surface area contributed by atoms with Gasteiger partial charge in [0.05, 0.1) is 5.88 Å². The second kappa shape index (κ2) is 3.63. The second-order valence-corrected chi connectivity index (χ2v) is 5.69. The normalized spacial score (nSPS) is 22.2. The fraction of sp³-hybridized carbons (Fsp3) is 0.615. The fourth-order valence-corrected chi connectivity index (χ4v) is 2.64. The zero-order chi connectivity index (χ0) is 12.1. The van der Waals surface area contributed by atoms with Gasteiger partial charge in [-0.1, -0.05) is 13.8 Å². The molecule has 1 aliphatic carbocycles. The largest absolute Gasteiger partial charge is 0.345 e. The highest BCUT2D eigenvalue weighted by molar-refractivity contribution is 6.30. The molecule has 2 rings (SSSR count). The molecule has 1 heterocycles. The lowest BCUT2D eigenvalue weighted by atomic mass is 10.1. The molecule has 0 N–H and O–H groups in total. The van der Waals surface area contributed by atoms with Gasteiger partial charge in [0.25, 0.3) is 0 Å². The molecule has 0 spiro atoms. The molecule has 2 nitrogen and oxygen atoms in total. The van der Waals surface area contributed by atoms with Crippen LogP contribution in [0.4, 0.5) is 0 Å². The van der Waals surface area contributed by atoms with Crippen LogP contribution >= 0.6 is 11.6 Å². The second-order valence-electron chi connectivity index (χ2n) is 5.42. The predicted octanol–water partition coefficient (Wildman–Crippen LogP) is 3.50. The number of carbonyl (C=O) groups excluding carboxylic acids is 1. The molecule has 0 bridgehead atoms. The molecule has 1 aromatic rings. The van der Waals surface area contributed by atoms with Crippen molar-refractivity contribution in [2.45, 2.75) is 40.2 Å². The first kappa shape index (κ1) is 11.7. The number of halogens is 1. The van der Waals surface area contributed by atoms with Crippen molar-refractivity contribution in [2.75, 3.05) is 5.88 Å². The molecule has 0 aliphatic heterocycles. The Hall–Kier alpha value is -0.760. The van der Waals surface area contributed by atoms with Gasteiger partial charge < -0.3 is 4.57 Å². The van der Waals surface area contributed by atoms with Gasteiger partial charge in [0, 0.05) is 23.0 Å². The number of hydrogen-bond acceptors (Lipinski definition) is 1. The van der Waals surface area contributed by atoms with Crippen molar-refractivity contribution in [2.24, 2.45) is 5.41 Å². The van der Waals surface area contributed by atoms with E-state index in [0.29, 0.717) is 11.5 Å². The van der Waals surface area contributed by atoms with Crippen molar-refractivity contribution in [3.8, 4) is 0 Å². The summed E-state index contributed by atoms with van der Waals surface area (Å²) in [7, 11) is 0. The van der Waals surface area contributed by atoms with Gasteiger partial charge in [0.2, 0.25) is 0 Å². The lowest BCUT2D eigenvalue weighted by Gasteiger charge is -2.11. The molecule has 1 aliphatic rings. The zero-order valence-electron chi connectivity index (χ0n) is 10.3. The maximum absolute atomic E-state index is 11.7. The molecule has 1 atom stereocenters. The van der Waals surface area contributed by atoms with Gasteiger partial charge in [-0.05, 0) is 31.7 Å². The lowest BCUT2D eigenvalue weighted by Crippen LogP contribution is -2.07. The minimum atomic E-state index is 0.0273. The summed E-state index contributed by atoms with van der Waals surface area (Å²) in [6, 6.07) is 2.51. The maximum Gasteiger partial charge on any atom is 0.179 e. The summed E-state index contributed by atoms with van der Waals surface area (Å²) in [6.07, 6.45) is 1.19. The van der Waals surface area contributed by atoms with Crippen LogP contribution in [0.1, 0.15) is 48.1 Å². The SMILES string of the molecule is Cc1cc(C(=O)CCl)c(C)n1C1CC1(C)C. The molecule has 1 fully saturated rings. The summed E-state index contributed by atoms with van der Waals surface area (Å²) in [5.41, 5.74) is 3.39. The minimum Gasteiger partial charge on any atom is -0.345 e. The highest BCUT2D eigenvalue weighted by atomic mass is 35.5. The van der Waals surface area contributed by atoms with Gasteiger partial charge in [-0.2, -0.15) is 0 Å². The summed E-state index contributed by atoms with van der Waals surface area (Å²) in [5, 5.41) is 0. The van der Waals surface area contributed by atoms with Crippen LogP contribution in [0.3, 0.4) is 0 Å². The standard InChI is InChI=1S/C13H18ClNO/c1-8-5-10(11(16)7-14)9(2)15(8)12-6-13(12,3)4/h5,12H,6-7H2,1-4H3. The highest BCUT2D eigenvalue weighted by Crippen LogP contribution is 2.56. The smallest absolute Gasteiger partial charge is 0.179 e. The Morgan fingerprint density at radius 3 is 2.56 bits per heavy atom. The molecule has 1 aromatic heterocycles. The predicted molar refractivity (Wildman–Crippen MR) is 66.4 cm³/mol. The summed E-state index contributed by atoms with van der Waals surface area (Å²) < 4.78 is 2.29. The van der Waals surface area contributed by atoms with Crippen molar-refractivity contribution in [1.29, 1.82) is 0 Å². The molecule has 0 saturated heterocycles. The molecule has 0 radical (unpaired) electrons. The molecule has 1 saturated carbocycles. The Morgan fingerprint density at radius 1 is 1.56 bits per heavy atom. The fourth-order valence-electron chi connectivity index (χ4n) is 2.49. The van der Waals surface area contributed by atoms with Gasteiger partial charge in [-0.3, -0.25) is 4.79 Å². The third-order valence-corrected chi connectivity index (χ3v) is 3.92. The minimum absolute atomic E-state index is 0.0273. The quantitative estimate of drug-likeness (QED) is 0.585. The first-order chi connectivity index (χ1) is 7.38. The highest BCUT2D eigenvalue weighted by Gasteiger charge is 2.48. The average Bonchev–Trinajstić information content (AvgIpc) is 2.71. The summed E-state index contributed by atoms with van der Waals surface area (Å²) in [5.74, 6) is 0.0951. The molecular formula is C13H18ClNO. The van der Waals surface area contributed by atoms with Crippen LogP contribution < -0.4 is 0 Å². The molecule has 0 aromatic carbocycles. The van der Waals surface area contributed by atoms with E-state index in [0.717, 1.165) is 11.3 Å². The maximum atomic E-state index is 11.7. The summed E-state index contributed by atoms with van der Waals surface area (Å²) >= 11 is 5.61. The monoisotopic (exact) mass is 239 g/mol. The number of hydrogen-bond donors (Lipinski definition) is 0. The number of nitrogens with zero attached hydrogens (tertiary/aromatic N) is 1. The lowest BCUT2D eigenvalue weighted by molar-refractivity contribution is 0.102. The Bertz CT molecular complexity index is 445. The van der Waals surface area contributed by atoms with Gasteiger partial charge in [-0.25, -0.2) is 0 Å². The van der Waals surface area contributed by atoms with Crippen molar-refractivity contribution < 1.29 is 4.79 Å². The number of ketones is 1. The Labute approximate surface area is 102 Å². The number of alkyl halides is 1. The number of carbonyl (C=O) groups is 1. The van der Waals surface area contributed by atoms with E-state index in [4.69, 9.17) is 11.6 Å². The Kier molecular flexibility index (Phi) is 2.66. The summed E-state index contributed by atoms with van der Waals surface area (Å²) in [4.78, 5) is 11.7. The van der Waals surface area contributed by atoms with E-state index in [2.05, 4.69) is 25.3 Å².